The molecule has 0 unspecified atom stereocenters. The molecule has 0 spiro atoms. The van der Waals surface area contributed by atoms with Gasteiger partial charge in [-0.1, -0.05) is 63.2 Å². The van der Waals surface area contributed by atoms with Gasteiger partial charge in [0.05, 0.1) is 18.5 Å². The SMILES string of the molecule is CC(C)(C)c1ccc(OCCNC(=O)CN(c2ccc(OCc3ccccc3)cc2)S(C)(=O)=O)cc1. The number of nitrogens with one attached hydrogen (secondary N) is 1. The van der Waals surface area contributed by atoms with E-state index in [1.807, 2.05) is 54.6 Å². The standard InChI is InChI=1S/C28H34N2O5S/c1-28(2,3)23-10-14-25(15-11-23)34-19-18-29-27(31)20-30(36(4,32)33)24-12-16-26(17-13-24)35-21-22-8-6-5-7-9-22/h5-17H,18-21H2,1-4H3,(H,29,31). The topological polar surface area (TPSA) is 84.9 Å². The van der Waals surface area contributed by atoms with Crippen LogP contribution in [0.3, 0.4) is 0 Å². The molecule has 0 saturated heterocycles. The van der Waals surface area contributed by atoms with Gasteiger partial charge < -0.3 is 14.8 Å². The third kappa shape index (κ3) is 8.30. The van der Waals surface area contributed by atoms with Crippen LogP contribution in [0.5, 0.6) is 11.5 Å². The van der Waals surface area contributed by atoms with Crippen molar-refractivity contribution >= 4 is 21.6 Å². The zero-order chi connectivity index (χ0) is 26.2. The van der Waals surface area contributed by atoms with Gasteiger partial charge in [-0.2, -0.15) is 0 Å². The molecule has 0 aliphatic carbocycles. The normalized spacial score (nSPS) is 11.6. The van der Waals surface area contributed by atoms with Gasteiger partial charge in [0.1, 0.15) is 31.3 Å². The molecule has 8 heteroatoms. The number of sulfonamides is 1. The molecule has 7 nitrogen and oxygen atoms in total. The maximum Gasteiger partial charge on any atom is 0.240 e. The van der Waals surface area contributed by atoms with E-state index < -0.39 is 15.9 Å². The number of hydrogen-bond acceptors (Lipinski definition) is 5. The predicted molar refractivity (Wildman–Crippen MR) is 143 cm³/mol. The minimum Gasteiger partial charge on any atom is -0.492 e. The molecule has 0 atom stereocenters. The van der Waals surface area contributed by atoms with Crippen LogP contribution in [-0.2, 0) is 26.8 Å². The molecule has 36 heavy (non-hydrogen) atoms. The lowest BCUT2D eigenvalue weighted by molar-refractivity contribution is -0.119. The zero-order valence-electron chi connectivity index (χ0n) is 21.2. The monoisotopic (exact) mass is 510 g/mol. The minimum atomic E-state index is -3.67. The highest BCUT2D eigenvalue weighted by Gasteiger charge is 2.21. The van der Waals surface area contributed by atoms with Crippen molar-refractivity contribution < 1.29 is 22.7 Å². The molecule has 3 aromatic rings. The quantitative estimate of drug-likeness (QED) is 0.383. The van der Waals surface area contributed by atoms with E-state index in [0.29, 0.717) is 23.8 Å². The van der Waals surface area contributed by atoms with Gasteiger partial charge in [0, 0.05) is 0 Å². The molecule has 1 amide bonds. The number of rotatable bonds is 11. The van der Waals surface area contributed by atoms with Gasteiger partial charge in [-0.15, -0.1) is 0 Å². The molecule has 0 radical (unpaired) electrons. The first-order valence-electron chi connectivity index (χ1n) is 11.8. The van der Waals surface area contributed by atoms with E-state index >= 15 is 0 Å². The summed E-state index contributed by atoms with van der Waals surface area (Å²) in [5.74, 6) is 0.897. The molecule has 3 rings (SSSR count). The summed E-state index contributed by atoms with van der Waals surface area (Å²) in [6, 6.07) is 24.2. The summed E-state index contributed by atoms with van der Waals surface area (Å²) in [7, 11) is -3.67. The maximum absolute atomic E-state index is 12.5. The van der Waals surface area contributed by atoms with Crippen molar-refractivity contribution in [3.8, 4) is 11.5 Å². The van der Waals surface area contributed by atoms with Gasteiger partial charge in [0.15, 0.2) is 0 Å². The van der Waals surface area contributed by atoms with Crippen LogP contribution in [0.4, 0.5) is 5.69 Å². The smallest absolute Gasteiger partial charge is 0.240 e. The number of amides is 1. The maximum atomic E-state index is 12.5. The first-order valence-corrected chi connectivity index (χ1v) is 13.6. The first-order chi connectivity index (χ1) is 17.0. The number of hydrogen-bond donors (Lipinski definition) is 1. The van der Waals surface area contributed by atoms with Crippen molar-refractivity contribution in [2.75, 3.05) is 30.3 Å². The van der Waals surface area contributed by atoms with E-state index in [2.05, 4.69) is 26.1 Å². The minimum absolute atomic E-state index is 0.0630. The van der Waals surface area contributed by atoms with Crippen molar-refractivity contribution in [1.82, 2.24) is 5.32 Å². The lowest BCUT2D eigenvalue weighted by Crippen LogP contribution is -2.41. The lowest BCUT2D eigenvalue weighted by atomic mass is 9.87. The van der Waals surface area contributed by atoms with Crippen LogP contribution >= 0.6 is 0 Å². The van der Waals surface area contributed by atoms with Crippen molar-refractivity contribution in [3.63, 3.8) is 0 Å². The molecule has 1 N–H and O–H groups in total. The summed E-state index contributed by atoms with van der Waals surface area (Å²) in [6.45, 7) is 7.03. The van der Waals surface area contributed by atoms with Gasteiger partial charge in [-0.25, -0.2) is 8.42 Å². The summed E-state index contributed by atoms with van der Waals surface area (Å²) >= 11 is 0. The molecule has 192 valence electrons. The summed E-state index contributed by atoms with van der Waals surface area (Å²) in [5, 5.41) is 2.72. The van der Waals surface area contributed by atoms with E-state index in [9.17, 15) is 13.2 Å². The number of nitrogens with zero attached hydrogens (tertiary/aromatic N) is 1. The summed E-state index contributed by atoms with van der Waals surface area (Å²) in [5.41, 5.74) is 2.68. The summed E-state index contributed by atoms with van der Waals surface area (Å²) in [6.07, 6.45) is 1.07. The molecular formula is C28H34N2O5S. The Morgan fingerprint density at radius 2 is 1.44 bits per heavy atom. The highest BCUT2D eigenvalue weighted by molar-refractivity contribution is 7.92. The van der Waals surface area contributed by atoms with Crippen molar-refractivity contribution in [2.24, 2.45) is 0 Å². The van der Waals surface area contributed by atoms with Crippen LogP contribution in [0.1, 0.15) is 31.9 Å². The van der Waals surface area contributed by atoms with E-state index in [0.717, 1.165) is 16.1 Å². The van der Waals surface area contributed by atoms with E-state index in [-0.39, 0.29) is 25.1 Å². The molecule has 0 saturated carbocycles. The molecule has 0 bridgehead atoms. The first kappa shape index (κ1) is 27.1. The van der Waals surface area contributed by atoms with Crippen LogP contribution in [0.25, 0.3) is 0 Å². The predicted octanol–water partition coefficient (Wildman–Crippen LogP) is 4.52. The Morgan fingerprint density at radius 3 is 2.03 bits per heavy atom. The second-order valence-corrected chi connectivity index (χ2v) is 11.4. The third-order valence-corrected chi connectivity index (χ3v) is 6.61. The van der Waals surface area contributed by atoms with Gasteiger partial charge in [0.25, 0.3) is 0 Å². The van der Waals surface area contributed by atoms with Crippen LogP contribution < -0.4 is 19.1 Å². The Labute approximate surface area is 214 Å². The van der Waals surface area contributed by atoms with Gasteiger partial charge in [-0.05, 0) is 52.9 Å². The number of anilines is 1. The van der Waals surface area contributed by atoms with E-state index in [1.165, 1.54) is 5.56 Å². The van der Waals surface area contributed by atoms with Gasteiger partial charge in [-0.3, -0.25) is 9.10 Å². The number of carbonyl (C=O) groups excluding carboxylic acids is 1. The van der Waals surface area contributed by atoms with Crippen LogP contribution in [0.2, 0.25) is 0 Å². The Kier molecular flexibility index (Phi) is 8.98. The van der Waals surface area contributed by atoms with Crippen LogP contribution in [0.15, 0.2) is 78.9 Å². The fourth-order valence-electron chi connectivity index (χ4n) is 3.45. The Balaban J connectivity index is 1.50. The molecule has 3 aromatic carbocycles. The summed E-state index contributed by atoms with van der Waals surface area (Å²) in [4.78, 5) is 12.5. The summed E-state index contributed by atoms with van der Waals surface area (Å²) < 4.78 is 37.2. The average Bonchev–Trinajstić information content (AvgIpc) is 2.84. The van der Waals surface area contributed by atoms with Crippen LogP contribution in [-0.4, -0.2) is 40.3 Å². The average molecular weight is 511 g/mol. The molecule has 0 aliphatic heterocycles. The number of ether oxygens (including phenoxy) is 2. The Morgan fingerprint density at radius 1 is 0.861 bits per heavy atom. The highest BCUT2D eigenvalue weighted by Crippen LogP contribution is 2.24. The van der Waals surface area contributed by atoms with Crippen molar-refractivity contribution in [1.29, 1.82) is 0 Å². The molecular weight excluding hydrogens is 476 g/mol. The Bertz CT molecular complexity index is 1220. The second-order valence-electron chi connectivity index (χ2n) is 9.51. The van der Waals surface area contributed by atoms with Gasteiger partial charge in [0.2, 0.25) is 15.9 Å². The number of carbonyl (C=O) groups is 1. The van der Waals surface area contributed by atoms with E-state index in [4.69, 9.17) is 9.47 Å². The fraction of sp³-hybridized carbons (Fsp3) is 0.321. The highest BCUT2D eigenvalue weighted by atomic mass is 32.2. The Hall–Kier alpha value is -3.52. The fourth-order valence-corrected chi connectivity index (χ4v) is 4.30. The van der Waals surface area contributed by atoms with Gasteiger partial charge >= 0.3 is 0 Å². The second kappa shape index (κ2) is 11.9. The van der Waals surface area contributed by atoms with Crippen molar-refractivity contribution in [3.05, 3.63) is 90.0 Å². The zero-order valence-corrected chi connectivity index (χ0v) is 22.0. The lowest BCUT2D eigenvalue weighted by Gasteiger charge is -2.22. The van der Waals surface area contributed by atoms with Crippen molar-refractivity contribution in [2.45, 2.75) is 32.8 Å². The molecule has 0 heterocycles. The largest absolute Gasteiger partial charge is 0.492 e. The number of benzene rings is 3. The molecule has 0 fully saturated rings. The third-order valence-electron chi connectivity index (χ3n) is 5.47. The van der Waals surface area contributed by atoms with Crippen LogP contribution in [0, 0.1) is 0 Å². The molecule has 0 aromatic heterocycles. The van der Waals surface area contributed by atoms with E-state index in [1.54, 1.807) is 24.3 Å². The molecule has 0 aliphatic rings.